The zero-order valence-corrected chi connectivity index (χ0v) is 11.3. The third kappa shape index (κ3) is 2.23. The fourth-order valence-corrected chi connectivity index (χ4v) is 2.41. The van der Waals surface area contributed by atoms with Gasteiger partial charge in [-0.15, -0.1) is 0 Å². The Morgan fingerprint density at radius 3 is 2.95 bits per heavy atom. The van der Waals surface area contributed by atoms with Crippen LogP contribution in [0.25, 0.3) is 0 Å². The van der Waals surface area contributed by atoms with E-state index < -0.39 is 0 Å². The highest BCUT2D eigenvalue weighted by molar-refractivity contribution is 6.02. The maximum absolute atomic E-state index is 11.8. The van der Waals surface area contributed by atoms with Crippen LogP contribution in [0.1, 0.15) is 11.3 Å². The van der Waals surface area contributed by atoms with Gasteiger partial charge in [0.15, 0.2) is 0 Å². The number of hydrogen-bond donors (Lipinski definition) is 2. The Labute approximate surface area is 117 Å². The third-order valence-electron chi connectivity index (χ3n) is 3.28. The van der Waals surface area contributed by atoms with Gasteiger partial charge in [0.2, 0.25) is 5.91 Å². The number of anilines is 3. The van der Waals surface area contributed by atoms with Crippen molar-refractivity contribution in [3.63, 3.8) is 0 Å². The van der Waals surface area contributed by atoms with Crippen molar-refractivity contribution < 1.29 is 4.79 Å². The number of benzene rings is 1. The molecule has 0 unspecified atom stereocenters. The van der Waals surface area contributed by atoms with E-state index in [4.69, 9.17) is 5.73 Å². The van der Waals surface area contributed by atoms with Gasteiger partial charge in [0.25, 0.3) is 0 Å². The fraction of sp³-hybridized carbons (Fsp3) is 0.200. The summed E-state index contributed by atoms with van der Waals surface area (Å²) in [6, 6.07) is 11.6. The molecular formula is C15H16N4O. The monoisotopic (exact) mass is 268 g/mol. The lowest BCUT2D eigenvalue weighted by Crippen LogP contribution is -2.35. The predicted octanol–water partition coefficient (Wildman–Crippen LogP) is 1.94. The van der Waals surface area contributed by atoms with E-state index in [9.17, 15) is 4.79 Å². The molecular weight excluding hydrogens is 252 g/mol. The summed E-state index contributed by atoms with van der Waals surface area (Å²) in [4.78, 5) is 18.3. The number of aromatic nitrogens is 1. The quantitative estimate of drug-likeness (QED) is 0.873. The average molecular weight is 268 g/mol. The van der Waals surface area contributed by atoms with Crippen molar-refractivity contribution >= 4 is 23.1 Å². The molecule has 1 aromatic heterocycles. The minimum atomic E-state index is -0.0405. The molecule has 0 saturated carbocycles. The maximum atomic E-state index is 11.8. The Balaban J connectivity index is 2.10. The second-order valence-corrected chi connectivity index (χ2v) is 4.83. The van der Waals surface area contributed by atoms with Crippen molar-refractivity contribution in [3.05, 3.63) is 47.7 Å². The van der Waals surface area contributed by atoms with Gasteiger partial charge < -0.3 is 16.0 Å². The molecule has 5 heteroatoms. The first-order chi connectivity index (χ1) is 9.67. The van der Waals surface area contributed by atoms with Crippen molar-refractivity contribution in [2.75, 3.05) is 16.8 Å². The summed E-state index contributed by atoms with van der Waals surface area (Å²) >= 11 is 0. The Bertz CT molecular complexity index is 669. The second-order valence-electron chi connectivity index (χ2n) is 4.83. The van der Waals surface area contributed by atoms with Crippen molar-refractivity contribution in [1.29, 1.82) is 0 Å². The standard InChI is InChI=1S/C15H16N4O/c1-10-6-11(8-16)7-14(17-10)19-9-15(20)18-12-4-2-3-5-13(12)19/h2-7H,8-9,16H2,1H3,(H,18,20). The molecule has 2 aromatic rings. The lowest BCUT2D eigenvalue weighted by molar-refractivity contribution is -0.115. The van der Waals surface area contributed by atoms with E-state index in [1.54, 1.807) is 0 Å². The first kappa shape index (κ1) is 12.6. The van der Waals surface area contributed by atoms with Crippen molar-refractivity contribution in [3.8, 4) is 0 Å². The number of amides is 1. The molecule has 3 N–H and O–H groups in total. The Kier molecular flexibility index (Phi) is 3.12. The van der Waals surface area contributed by atoms with Crippen LogP contribution >= 0.6 is 0 Å². The molecule has 0 saturated heterocycles. The summed E-state index contributed by atoms with van der Waals surface area (Å²) in [6.07, 6.45) is 0. The van der Waals surface area contributed by atoms with Gasteiger partial charge in [0.05, 0.1) is 11.4 Å². The first-order valence-corrected chi connectivity index (χ1v) is 6.51. The summed E-state index contributed by atoms with van der Waals surface area (Å²) in [5, 5.41) is 2.87. The molecule has 5 nitrogen and oxygen atoms in total. The van der Waals surface area contributed by atoms with Crippen LogP contribution in [-0.4, -0.2) is 17.4 Å². The van der Waals surface area contributed by atoms with Crippen LogP contribution in [0.5, 0.6) is 0 Å². The van der Waals surface area contributed by atoms with E-state index >= 15 is 0 Å². The molecule has 1 aliphatic heterocycles. The lowest BCUT2D eigenvalue weighted by Gasteiger charge is -2.30. The van der Waals surface area contributed by atoms with Crippen LogP contribution in [0.3, 0.4) is 0 Å². The van der Waals surface area contributed by atoms with Gasteiger partial charge in [-0.05, 0) is 36.8 Å². The number of nitrogens with two attached hydrogens (primary N) is 1. The molecule has 102 valence electrons. The second kappa shape index (κ2) is 4.94. The van der Waals surface area contributed by atoms with E-state index in [-0.39, 0.29) is 12.5 Å². The Morgan fingerprint density at radius 2 is 2.15 bits per heavy atom. The van der Waals surface area contributed by atoms with Crippen LogP contribution in [0.2, 0.25) is 0 Å². The van der Waals surface area contributed by atoms with Crippen molar-refractivity contribution in [2.24, 2.45) is 5.73 Å². The fourth-order valence-electron chi connectivity index (χ4n) is 2.41. The maximum Gasteiger partial charge on any atom is 0.244 e. The van der Waals surface area contributed by atoms with Crippen LogP contribution in [0, 0.1) is 6.92 Å². The van der Waals surface area contributed by atoms with Gasteiger partial charge in [-0.25, -0.2) is 4.98 Å². The Morgan fingerprint density at radius 1 is 1.35 bits per heavy atom. The number of hydrogen-bond acceptors (Lipinski definition) is 4. The van der Waals surface area contributed by atoms with Crippen molar-refractivity contribution in [2.45, 2.75) is 13.5 Å². The number of carbonyl (C=O) groups is 1. The highest BCUT2D eigenvalue weighted by atomic mass is 16.2. The Hall–Kier alpha value is -2.40. The number of para-hydroxylation sites is 2. The molecule has 0 fully saturated rings. The number of fused-ring (bicyclic) bond motifs is 1. The van der Waals surface area contributed by atoms with E-state index in [0.717, 1.165) is 28.5 Å². The highest BCUT2D eigenvalue weighted by Gasteiger charge is 2.23. The largest absolute Gasteiger partial charge is 0.326 e. The number of pyridine rings is 1. The van der Waals surface area contributed by atoms with Crippen LogP contribution < -0.4 is 16.0 Å². The van der Waals surface area contributed by atoms with E-state index in [1.807, 2.05) is 48.2 Å². The molecule has 0 radical (unpaired) electrons. The van der Waals surface area contributed by atoms with Gasteiger partial charge in [-0.3, -0.25) is 4.79 Å². The SMILES string of the molecule is Cc1cc(CN)cc(N2CC(=O)Nc3ccccc32)n1. The summed E-state index contributed by atoms with van der Waals surface area (Å²) in [5.74, 6) is 0.717. The van der Waals surface area contributed by atoms with Gasteiger partial charge in [-0.2, -0.15) is 0 Å². The van der Waals surface area contributed by atoms with Gasteiger partial charge in [-0.1, -0.05) is 12.1 Å². The normalized spacial score (nSPS) is 13.9. The van der Waals surface area contributed by atoms with Gasteiger partial charge >= 0.3 is 0 Å². The van der Waals surface area contributed by atoms with Gasteiger partial charge in [0.1, 0.15) is 12.4 Å². The molecule has 20 heavy (non-hydrogen) atoms. The minimum Gasteiger partial charge on any atom is -0.326 e. The number of rotatable bonds is 2. The lowest BCUT2D eigenvalue weighted by atomic mass is 10.1. The number of nitrogens with one attached hydrogen (secondary N) is 1. The highest BCUT2D eigenvalue weighted by Crippen LogP contribution is 2.34. The molecule has 1 aliphatic rings. The molecule has 0 spiro atoms. The zero-order valence-electron chi connectivity index (χ0n) is 11.3. The van der Waals surface area contributed by atoms with E-state index in [1.165, 1.54) is 0 Å². The van der Waals surface area contributed by atoms with E-state index in [2.05, 4.69) is 10.3 Å². The number of carbonyl (C=O) groups excluding carboxylic acids is 1. The van der Waals surface area contributed by atoms with Crippen molar-refractivity contribution in [1.82, 2.24) is 4.98 Å². The summed E-state index contributed by atoms with van der Waals surface area (Å²) in [6.45, 7) is 2.65. The predicted molar refractivity (Wildman–Crippen MR) is 78.9 cm³/mol. The van der Waals surface area contributed by atoms with Crippen LogP contribution in [0.15, 0.2) is 36.4 Å². The van der Waals surface area contributed by atoms with Crippen LogP contribution in [0.4, 0.5) is 17.2 Å². The summed E-state index contributed by atoms with van der Waals surface area (Å²) in [7, 11) is 0. The molecule has 1 amide bonds. The minimum absolute atomic E-state index is 0.0405. The number of aryl methyl sites for hydroxylation is 1. The van der Waals surface area contributed by atoms with Gasteiger partial charge in [0, 0.05) is 12.2 Å². The summed E-state index contributed by atoms with van der Waals surface area (Å²) in [5.41, 5.74) is 9.38. The van der Waals surface area contributed by atoms with Crippen LogP contribution in [-0.2, 0) is 11.3 Å². The zero-order chi connectivity index (χ0) is 14.1. The summed E-state index contributed by atoms with van der Waals surface area (Å²) < 4.78 is 0. The molecule has 1 aromatic carbocycles. The van der Waals surface area contributed by atoms with E-state index in [0.29, 0.717) is 6.54 Å². The smallest absolute Gasteiger partial charge is 0.244 e. The molecule has 0 atom stereocenters. The molecule has 2 heterocycles. The first-order valence-electron chi connectivity index (χ1n) is 6.51. The molecule has 0 aliphatic carbocycles. The topological polar surface area (TPSA) is 71.2 Å². The third-order valence-corrected chi connectivity index (χ3v) is 3.28. The molecule has 0 bridgehead atoms. The average Bonchev–Trinajstić information content (AvgIpc) is 2.45. The number of nitrogens with zero attached hydrogens (tertiary/aromatic N) is 2. The molecule has 3 rings (SSSR count).